The van der Waals surface area contributed by atoms with Crippen molar-refractivity contribution in [1.82, 2.24) is 10.3 Å². The van der Waals surface area contributed by atoms with Crippen LogP contribution in [0, 0.1) is 0 Å². The van der Waals surface area contributed by atoms with Crippen molar-refractivity contribution in [2.24, 2.45) is 0 Å². The topological polar surface area (TPSA) is 63.2 Å². The standard InChI is InChI=1S/C22H22ClN3O2/c1-2-28-20-9-4-3-8-19(20)26-21-15-17(11-13-24-21)22(27)25-12-10-16-6-5-7-18(23)14-16/h3-9,11,13-15H,2,10,12H2,1H3,(H,24,26)(H,25,27). The zero-order valence-corrected chi connectivity index (χ0v) is 16.4. The lowest BCUT2D eigenvalue weighted by atomic mass is 10.1. The van der Waals surface area contributed by atoms with Crippen LogP contribution >= 0.6 is 11.6 Å². The van der Waals surface area contributed by atoms with Crippen molar-refractivity contribution in [3.05, 3.63) is 83.0 Å². The number of benzene rings is 2. The molecule has 0 fully saturated rings. The zero-order chi connectivity index (χ0) is 19.8. The number of rotatable bonds is 8. The van der Waals surface area contributed by atoms with Gasteiger partial charge in [0, 0.05) is 23.3 Å². The molecule has 6 heteroatoms. The predicted octanol–water partition coefficient (Wildman–Crippen LogP) is 4.85. The molecule has 0 radical (unpaired) electrons. The van der Waals surface area contributed by atoms with E-state index in [9.17, 15) is 4.79 Å². The first-order valence-corrected chi connectivity index (χ1v) is 9.51. The van der Waals surface area contributed by atoms with Gasteiger partial charge in [0.25, 0.3) is 5.91 Å². The Balaban J connectivity index is 1.62. The van der Waals surface area contributed by atoms with Gasteiger partial charge < -0.3 is 15.4 Å². The van der Waals surface area contributed by atoms with Gasteiger partial charge in [-0.1, -0.05) is 35.9 Å². The Labute approximate surface area is 169 Å². The molecule has 1 aromatic heterocycles. The summed E-state index contributed by atoms with van der Waals surface area (Å²) in [6.07, 6.45) is 2.32. The molecular weight excluding hydrogens is 374 g/mol. The largest absolute Gasteiger partial charge is 0.492 e. The summed E-state index contributed by atoms with van der Waals surface area (Å²) in [5, 5.41) is 6.83. The fourth-order valence-electron chi connectivity index (χ4n) is 2.74. The number of carbonyl (C=O) groups excluding carboxylic acids is 1. The second-order valence-corrected chi connectivity index (χ2v) is 6.56. The second kappa shape index (κ2) is 9.76. The maximum absolute atomic E-state index is 12.5. The molecule has 28 heavy (non-hydrogen) atoms. The van der Waals surface area contributed by atoms with E-state index in [2.05, 4.69) is 15.6 Å². The summed E-state index contributed by atoms with van der Waals surface area (Å²) in [4.78, 5) is 16.8. The predicted molar refractivity (Wildman–Crippen MR) is 113 cm³/mol. The average molecular weight is 396 g/mol. The van der Waals surface area contributed by atoms with Gasteiger partial charge >= 0.3 is 0 Å². The Hall–Kier alpha value is -3.05. The number of hydrogen-bond acceptors (Lipinski definition) is 4. The Kier molecular flexibility index (Phi) is 6.87. The average Bonchev–Trinajstić information content (AvgIpc) is 2.70. The van der Waals surface area contributed by atoms with Gasteiger partial charge in [-0.15, -0.1) is 0 Å². The number of nitrogens with one attached hydrogen (secondary N) is 2. The molecule has 0 atom stereocenters. The van der Waals surface area contributed by atoms with Gasteiger partial charge in [0.05, 0.1) is 12.3 Å². The van der Waals surface area contributed by atoms with Crippen LogP contribution in [-0.4, -0.2) is 24.0 Å². The van der Waals surface area contributed by atoms with Crippen LogP contribution in [0.5, 0.6) is 5.75 Å². The molecule has 0 spiro atoms. The molecule has 3 aromatic rings. The summed E-state index contributed by atoms with van der Waals surface area (Å²) < 4.78 is 5.61. The third-order valence-corrected chi connectivity index (χ3v) is 4.30. The van der Waals surface area contributed by atoms with Crippen LogP contribution in [0.3, 0.4) is 0 Å². The number of nitrogens with zero attached hydrogens (tertiary/aromatic N) is 1. The normalized spacial score (nSPS) is 10.4. The Morgan fingerprint density at radius 3 is 2.79 bits per heavy atom. The van der Waals surface area contributed by atoms with Crippen molar-refractivity contribution in [2.75, 3.05) is 18.5 Å². The van der Waals surface area contributed by atoms with Crippen molar-refractivity contribution in [3.8, 4) is 5.75 Å². The smallest absolute Gasteiger partial charge is 0.251 e. The highest BCUT2D eigenvalue weighted by Crippen LogP contribution is 2.26. The van der Waals surface area contributed by atoms with Crippen LogP contribution in [0.1, 0.15) is 22.8 Å². The third-order valence-electron chi connectivity index (χ3n) is 4.06. The highest BCUT2D eigenvalue weighted by Gasteiger charge is 2.09. The van der Waals surface area contributed by atoms with Gasteiger partial charge in [-0.3, -0.25) is 4.79 Å². The van der Waals surface area contributed by atoms with Gasteiger partial charge in [-0.05, 0) is 55.3 Å². The van der Waals surface area contributed by atoms with Gasteiger partial charge in [-0.2, -0.15) is 0 Å². The van der Waals surface area contributed by atoms with E-state index in [1.165, 1.54) is 0 Å². The molecule has 2 aromatic carbocycles. The van der Waals surface area contributed by atoms with E-state index in [1.54, 1.807) is 18.3 Å². The van der Waals surface area contributed by atoms with Crippen LogP contribution < -0.4 is 15.4 Å². The SMILES string of the molecule is CCOc1ccccc1Nc1cc(C(=O)NCCc2cccc(Cl)c2)ccn1. The molecule has 0 saturated heterocycles. The lowest BCUT2D eigenvalue weighted by Gasteiger charge is -2.12. The Bertz CT molecular complexity index is 946. The highest BCUT2D eigenvalue weighted by atomic mass is 35.5. The number of ether oxygens (including phenoxy) is 1. The van der Waals surface area contributed by atoms with E-state index in [4.69, 9.17) is 16.3 Å². The first-order chi connectivity index (χ1) is 13.7. The lowest BCUT2D eigenvalue weighted by Crippen LogP contribution is -2.25. The number of halogens is 1. The number of anilines is 2. The second-order valence-electron chi connectivity index (χ2n) is 6.12. The van der Waals surface area contributed by atoms with E-state index in [-0.39, 0.29) is 5.91 Å². The van der Waals surface area contributed by atoms with E-state index in [1.807, 2.05) is 55.5 Å². The monoisotopic (exact) mass is 395 g/mol. The first kappa shape index (κ1) is 19.7. The van der Waals surface area contributed by atoms with Gasteiger partial charge in [-0.25, -0.2) is 4.98 Å². The summed E-state index contributed by atoms with van der Waals surface area (Å²) in [5.74, 6) is 1.17. The molecule has 0 unspecified atom stereocenters. The van der Waals surface area contributed by atoms with E-state index in [0.717, 1.165) is 17.0 Å². The van der Waals surface area contributed by atoms with Crippen LogP contribution in [-0.2, 0) is 6.42 Å². The first-order valence-electron chi connectivity index (χ1n) is 9.13. The minimum absolute atomic E-state index is 0.148. The maximum Gasteiger partial charge on any atom is 0.251 e. The number of aromatic nitrogens is 1. The molecule has 0 aliphatic carbocycles. The van der Waals surface area contributed by atoms with Crippen LogP contribution in [0.4, 0.5) is 11.5 Å². The fourth-order valence-corrected chi connectivity index (χ4v) is 2.96. The van der Waals surface area contributed by atoms with Gasteiger partial charge in [0.2, 0.25) is 0 Å². The molecule has 0 aliphatic rings. The molecule has 0 aliphatic heterocycles. The van der Waals surface area contributed by atoms with Crippen LogP contribution in [0.2, 0.25) is 5.02 Å². The van der Waals surface area contributed by atoms with Crippen molar-refractivity contribution >= 4 is 29.0 Å². The third kappa shape index (κ3) is 5.47. The number of carbonyl (C=O) groups is 1. The molecule has 0 bridgehead atoms. The molecule has 3 rings (SSSR count). The summed E-state index contributed by atoms with van der Waals surface area (Å²) in [6, 6.07) is 18.7. The Morgan fingerprint density at radius 1 is 1.11 bits per heavy atom. The summed E-state index contributed by atoms with van der Waals surface area (Å²) in [5.41, 5.74) is 2.42. The molecular formula is C22H22ClN3O2. The number of amides is 1. The maximum atomic E-state index is 12.5. The summed E-state index contributed by atoms with van der Waals surface area (Å²) >= 11 is 5.99. The fraction of sp³-hybridized carbons (Fsp3) is 0.182. The number of para-hydroxylation sites is 2. The lowest BCUT2D eigenvalue weighted by molar-refractivity contribution is 0.0954. The highest BCUT2D eigenvalue weighted by molar-refractivity contribution is 6.30. The molecule has 144 valence electrons. The van der Waals surface area contributed by atoms with E-state index < -0.39 is 0 Å². The molecule has 2 N–H and O–H groups in total. The van der Waals surface area contributed by atoms with Crippen LogP contribution in [0.25, 0.3) is 0 Å². The van der Waals surface area contributed by atoms with Gasteiger partial charge in [0.1, 0.15) is 11.6 Å². The van der Waals surface area contributed by atoms with Crippen LogP contribution in [0.15, 0.2) is 66.9 Å². The molecule has 0 saturated carbocycles. The summed E-state index contributed by atoms with van der Waals surface area (Å²) in [6.45, 7) is 3.03. The molecule has 1 heterocycles. The molecule has 1 amide bonds. The van der Waals surface area contributed by atoms with E-state index in [0.29, 0.717) is 36.0 Å². The van der Waals surface area contributed by atoms with Crippen molar-refractivity contribution in [2.45, 2.75) is 13.3 Å². The van der Waals surface area contributed by atoms with E-state index >= 15 is 0 Å². The number of hydrogen-bond donors (Lipinski definition) is 2. The van der Waals surface area contributed by atoms with Gasteiger partial charge in [0.15, 0.2) is 0 Å². The number of pyridine rings is 1. The Morgan fingerprint density at radius 2 is 1.96 bits per heavy atom. The quantitative estimate of drug-likeness (QED) is 0.572. The minimum Gasteiger partial charge on any atom is -0.492 e. The zero-order valence-electron chi connectivity index (χ0n) is 15.6. The van der Waals surface area contributed by atoms with Crippen molar-refractivity contribution in [3.63, 3.8) is 0 Å². The summed E-state index contributed by atoms with van der Waals surface area (Å²) in [7, 11) is 0. The molecule has 5 nitrogen and oxygen atoms in total. The van der Waals surface area contributed by atoms with Crippen molar-refractivity contribution in [1.29, 1.82) is 0 Å². The van der Waals surface area contributed by atoms with Crippen molar-refractivity contribution < 1.29 is 9.53 Å². The minimum atomic E-state index is -0.148.